The Kier molecular flexibility index (Phi) is 9.96. The summed E-state index contributed by atoms with van der Waals surface area (Å²) in [6.45, 7) is -1.13. The molecule has 1 atom stereocenters. The highest BCUT2D eigenvalue weighted by atomic mass is 35.5. The minimum atomic E-state index is -1.21. The summed E-state index contributed by atoms with van der Waals surface area (Å²) in [6.07, 6.45) is 0. The summed E-state index contributed by atoms with van der Waals surface area (Å²) in [5.41, 5.74) is 10.9. The van der Waals surface area contributed by atoms with E-state index in [9.17, 15) is 19.2 Å². The van der Waals surface area contributed by atoms with Gasteiger partial charge in [0.1, 0.15) is 12.6 Å². The fraction of sp³-hybridized carbons (Fsp3) is 0.286. The van der Waals surface area contributed by atoms with Gasteiger partial charge in [0, 0.05) is 5.56 Å². The summed E-state index contributed by atoms with van der Waals surface area (Å²) >= 11 is 0. The predicted molar refractivity (Wildman–Crippen MR) is 87.2 cm³/mol. The number of nitrogens with two attached hydrogens (primary N) is 2. The summed E-state index contributed by atoms with van der Waals surface area (Å²) < 4.78 is 4.58. The van der Waals surface area contributed by atoms with Gasteiger partial charge in [0.2, 0.25) is 11.8 Å². The number of esters is 1. The second-order valence-corrected chi connectivity index (χ2v) is 4.45. The average molecular weight is 359 g/mol. The molecule has 0 spiro atoms. The van der Waals surface area contributed by atoms with Crippen molar-refractivity contribution in [3.63, 3.8) is 0 Å². The molecule has 0 aliphatic carbocycles. The van der Waals surface area contributed by atoms with E-state index in [4.69, 9.17) is 11.5 Å². The van der Waals surface area contributed by atoms with Crippen LogP contribution in [0.3, 0.4) is 0 Å². The molecule has 0 saturated carbocycles. The summed E-state index contributed by atoms with van der Waals surface area (Å²) in [7, 11) is 0. The third-order valence-corrected chi connectivity index (χ3v) is 2.64. The Bertz CT molecular complexity index is 582. The van der Waals surface area contributed by atoms with E-state index in [0.29, 0.717) is 5.56 Å². The Labute approximate surface area is 144 Å². The van der Waals surface area contributed by atoms with Crippen LogP contribution in [0.25, 0.3) is 0 Å². The van der Waals surface area contributed by atoms with Gasteiger partial charge in [0.25, 0.3) is 5.91 Å². The lowest BCUT2D eigenvalue weighted by atomic mass is 10.2. The molecule has 0 fully saturated rings. The Morgan fingerprint density at radius 3 is 2.33 bits per heavy atom. The highest BCUT2D eigenvalue weighted by Gasteiger charge is 2.18. The molecule has 1 aromatic carbocycles. The Balaban J connectivity index is 0.00000529. The first-order valence-corrected chi connectivity index (χ1v) is 6.72. The van der Waals surface area contributed by atoms with Crippen LogP contribution in [0.2, 0.25) is 0 Å². The highest BCUT2D eigenvalue weighted by Crippen LogP contribution is 1.97. The van der Waals surface area contributed by atoms with Crippen LogP contribution in [-0.2, 0) is 19.1 Å². The molecule has 0 saturated heterocycles. The van der Waals surface area contributed by atoms with Crippen LogP contribution in [0.4, 0.5) is 0 Å². The zero-order valence-electron chi connectivity index (χ0n) is 12.7. The van der Waals surface area contributed by atoms with Gasteiger partial charge in [-0.15, -0.1) is 12.4 Å². The van der Waals surface area contributed by atoms with Crippen LogP contribution in [-0.4, -0.2) is 49.4 Å². The van der Waals surface area contributed by atoms with E-state index < -0.39 is 42.9 Å². The molecule has 132 valence electrons. The standard InChI is InChI=1S/C14H18N4O5.ClH/c15-6-12(20)23-8-10(16)14(22)18-11(19)7-17-13(21)9-4-2-1-3-5-9;/h1-5,10H,6-8,15-16H2,(H,17,21)(H,18,19,22);1H. The number of benzene rings is 1. The Hall–Kier alpha value is -2.49. The molecular formula is C14H19ClN4O5. The number of amides is 3. The lowest BCUT2D eigenvalue weighted by Crippen LogP contribution is -2.49. The maximum Gasteiger partial charge on any atom is 0.319 e. The molecule has 0 radical (unpaired) electrons. The molecule has 0 aromatic heterocycles. The van der Waals surface area contributed by atoms with Crippen molar-refractivity contribution in [1.29, 1.82) is 0 Å². The number of imide groups is 1. The molecule has 1 aromatic rings. The van der Waals surface area contributed by atoms with Gasteiger partial charge in [0.15, 0.2) is 0 Å². The molecule has 0 bridgehead atoms. The topological polar surface area (TPSA) is 154 Å². The molecule has 10 heteroatoms. The maximum atomic E-state index is 11.7. The van der Waals surface area contributed by atoms with Crippen molar-refractivity contribution in [3.8, 4) is 0 Å². The number of hydrogen-bond acceptors (Lipinski definition) is 7. The normalized spacial score (nSPS) is 10.8. The van der Waals surface area contributed by atoms with E-state index >= 15 is 0 Å². The zero-order chi connectivity index (χ0) is 17.2. The zero-order valence-corrected chi connectivity index (χ0v) is 13.5. The van der Waals surface area contributed by atoms with Crippen LogP contribution in [0.15, 0.2) is 30.3 Å². The number of hydrogen-bond donors (Lipinski definition) is 4. The summed E-state index contributed by atoms with van der Waals surface area (Å²) in [4.78, 5) is 45.7. The minimum absolute atomic E-state index is 0. The Morgan fingerprint density at radius 2 is 1.75 bits per heavy atom. The third-order valence-electron chi connectivity index (χ3n) is 2.64. The molecule has 1 rings (SSSR count). The van der Waals surface area contributed by atoms with E-state index in [-0.39, 0.29) is 19.0 Å². The van der Waals surface area contributed by atoms with E-state index in [1.807, 2.05) is 5.32 Å². The average Bonchev–Trinajstić information content (AvgIpc) is 2.57. The van der Waals surface area contributed by atoms with Crippen molar-refractivity contribution in [3.05, 3.63) is 35.9 Å². The summed E-state index contributed by atoms with van der Waals surface area (Å²) in [6, 6.07) is 7.07. The number of halogens is 1. The molecule has 0 aliphatic heterocycles. The van der Waals surface area contributed by atoms with E-state index in [1.54, 1.807) is 30.3 Å². The lowest BCUT2D eigenvalue weighted by Gasteiger charge is -2.12. The largest absolute Gasteiger partial charge is 0.463 e. The number of rotatable bonds is 7. The first kappa shape index (κ1) is 21.5. The van der Waals surface area contributed by atoms with Gasteiger partial charge in [0.05, 0.1) is 13.1 Å². The van der Waals surface area contributed by atoms with Gasteiger partial charge < -0.3 is 21.5 Å². The van der Waals surface area contributed by atoms with Crippen molar-refractivity contribution >= 4 is 36.1 Å². The number of carbonyl (C=O) groups excluding carboxylic acids is 4. The lowest BCUT2D eigenvalue weighted by molar-refractivity contribution is -0.143. The number of ether oxygens (including phenoxy) is 1. The van der Waals surface area contributed by atoms with E-state index in [0.717, 1.165) is 0 Å². The molecule has 9 nitrogen and oxygen atoms in total. The van der Waals surface area contributed by atoms with E-state index in [2.05, 4.69) is 10.1 Å². The van der Waals surface area contributed by atoms with E-state index in [1.165, 1.54) is 0 Å². The third kappa shape index (κ3) is 7.68. The van der Waals surface area contributed by atoms with Crippen molar-refractivity contribution in [1.82, 2.24) is 10.6 Å². The highest BCUT2D eigenvalue weighted by molar-refractivity contribution is 6.01. The SMILES string of the molecule is Cl.NCC(=O)OCC(N)C(=O)NC(=O)CNC(=O)c1ccccc1. The monoisotopic (exact) mass is 358 g/mol. The fourth-order valence-corrected chi connectivity index (χ4v) is 1.44. The quantitative estimate of drug-likeness (QED) is 0.424. The molecule has 1 unspecified atom stereocenters. The van der Waals surface area contributed by atoms with Crippen LogP contribution in [0.1, 0.15) is 10.4 Å². The molecule has 6 N–H and O–H groups in total. The molecular weight excluding hydrogens is 340 g/mol. The first-order valence-electron chi connectivity index (χ1n) is 6.72. The predicted octanol–water partition coefficient (Wildman–Crippen LogP) is -1.69. The van der Waals surface area contributed by atoms with Gasteiger partial charge in [-0.1, -0.05) is 18.2 Å². The molecule has 0 aliphatic rings. The molecule has 3 amide bonds. The van der Waals surface area contributed by atoms with Gasteiger partial charge in [-0.2, -0.15) is 0 Å². The van der Waals surface area contributed by atoms with Crippen LogP contribution in [0, 0.1) is 0 Å². The van der Waals surface area contributed by atoms with Crippen molar-refractivity contribution < 1.29 is 23.9 Å². The van der Waals surface area contributed by atoms with Crippen molar-refractivity contribution in [2.45, 2.75) is 6.04 Å². The number of nitrogens with one attached hydrogen (secondary N) is 2. The van der Waals surface area contributed by atoms with Crippen molar-refractivity contribution in [2.24, 2.45) is 11.5 Å². The second kappa shape index (κ2) is 11.1. The van der Waals surface area contributed by atoms with Gasteiger partial charge in [-0.05, 0) is 12.1 Å². The second-order valence-electron chi connectivity index (χ2n) is 4.45. The smallest absolute Gasteiger partial charge is 0.319 e. The van der Waals surface area contributed by atoms with Crippen LogP contribution in [0.5, 0.6) is 0 Å². The minimum Gasteiger partial charge on any atom is -0.463 e. The summed E-state index contributed by atoms with van der Waals surface area (Å²) in [5.74, 6) is -2.72. The Morgan fingerprint density at radius 1 is 1.12 bits per heavy atom. The molecule has 0 heterocycles. The van der Waals surface area contributed by atoms with Gasteiger partial charge >= 0.3 is 5.97 Å². The fourth-order valence-electron chi connectivity index (χ4n) is 1.44. The van der Waals surface area contributed by atoms with Crippen LogP contribution < -0.4 is 22.1 Å². The van der Waals surface area contributed by atoms with Gasteiger partial charge in [-0.25, -0.2) is 0 Å². The maximum absolute atomic E-state index is 11.7. The molecule has 24 heavy (non-hydrogen) atoms. The van der Waals surface area contributed by atoms with Gasteiger partial charge in [-0.3, -0.25) is 24.5 Å². The summed E-state index contributed by atoms with van der Waals surface area (Å²) in [5, 5.41) is 4.34. The first-order chi connectivity index (χ1) is 10.9. The number of carbonyl (C=O) groups is 4. The van der Waals surface area contributed by atoms with Crippen LogP contribution >= 0.6 is 12.4 Å². The van der Waals surface area contributed by atoms with Crippen molar-refractivity contribution in [2.75, 3.05) is 19.7 Å².